The van der Waals surface area contributed by atoms with Crippen molar-refractivity contribution in [3.05, 3.63) is 84.2 Å². The molecule has 2 heterocycles. The Morgan fingerprint density at radius 2 is 0.984 bits per heavy atom. The van der Waals surface area contributed by atoms with E-state index in [9.17, 15) is 10.5 Å². The number of ether oxygens (including phenoxy) is 4. The molecule has 0 saturated carbocycles. The summed E-state index contributed by atoms with van der Waals surface area (Å²) in [5.74, 6) is 0.682. The molecule has 0 unspecified atom stereocenters. The number of anilines is 2. The lowest BCUT2D eigenvalue weighted by Gasteiger charge is -2.30. The van der Waals surface area contributed by atoms with Crippen molar-refractivity contribution in [2.45, 2.75) is 144 Å². The molecule has 0 aliphatic heterocycles. The molecule has 0 saturated heterocycles. The van der Waals surface area contributed by atoms with Crippen LogP contribution in [-0.4, -0.2) is 71.8 Å². The molecule has 334 valence electrons. The minimum atomic E-state index is -0.599. The fourth-order valence-corrected chi connectivity index (χ4v) is 7.40. The van der Waals surface area contributed by atoms with Gasteiger partial charge in [-0.15, -0.1) is 0 Å². The van der Waals surface area contributed by atoms with Gasteiger partial charge in [-0.2, -0.15) is 10.5 Å². The van der Waals surface area contributed by atoms with Crippen LogP contribution in [0.3, 0.4) is 0 Å². The Bertz CT molecular complexity index is 2090. The van der Waals surface area contributed by atoms with Gasteiger partial charge in [-0.1, -0.05) is 31.2 Å². The second-order valence-corrected chi connectivity index (χ2v) is 18.8. The Hall–Kier alpha value is -5.16. The van der Waals surface area contributed by atoms with Crippen LogP contribution in [0.5, 0.6) is 11.8 Å². The Morgan fingerprint density at radius 3 is 1.40 bits per heavy atom. The number of nitrogens with zero attached hydrogens (tertiary/aromatic N) is 6. The Kier molecular flexibility index (Phi) is 17.8. The average molecular weight is 845 g/mol. The first kappa shape index (κ1) is 49.5. The van der Waals surface area contributed by atoms with Crippen molar-refractivity contribution in [2.75, 3.05) is 49.2 Å². The normalized spacial score (nSPS) is 12.1. The van der Waals surface area contributed by atoms with Gasteiger partial charge >= 0.3 is 0 Å². The summed E-state index contributed by atoms with van der Waals surface area (Å²) in [5, 5.41) is 20.4. The molecule has 0 atom stereocenters. The molecule has 0 N–H and O–H groups in total. The molecule has 62 heavy (non-hydrogen) atoms. The van der Waals surface area contributed by atoms with Gasteiger partial charge in [-0.25, -0.2) is 9.97 Å². The second-order valence-electron chi connectivity index (χ2n) is 18.8. The molecule has 2 aromatic carbocycles. The zero-order valence-corrected chi connectivity index (χ0v) is 39.7. The summed E-state index contributed by atoms with van der Waals surface area (Å²) in [6.07, 6.45) is 8.73. The van der Waals surface area contributed by atoms with Crippen molar-refractivity contribution >= 4 is 11.4 Å². The fourth-order valence-electron chi connectivity index (χ4n) is 7.40. The van der Waals surface area contributed by atoms with E-state index >= 15 is 0 Å². The highest BCUT2D eigenvalue weighted by atomic mass is 16.5. The topological polar surface area (TPSA) is 117 Å². The lowest BCUT2D eigenvalue weighted by molar-refractivity contribution is -0.0466. The predicted octanol–water partition coefficient (Wildman–Crippen LogP) is 12.2. The van der Waals surface area contributed by atoms with Crippen molar-refractivity contribution < 1.29 is 18.9 Å². The van der Waals surface area contributed by atoms with Gasteiger partial charge in [0, 0.05) is 73.9 Å². The lowest BCUT2D eigenvalue weighted by Crippen LogP contribution is -2.33. The minimum absolute atomic E-state index is 0.230. The number of hydrogen-bond donors (Lipinski definition) is 0. The molecule has 10 nitrogen and oxygen atoms in total. The number of hydrogen-bond acceptors (Lipinski definition) is 10. The predicted molar refractivity (Wildman–Crippen MR) is 253 cm³/mol. The molecule has 10 heteroatoms. The van der Waals surface area contributed by atoms with Gasteiger partial charge in [-0.05, 0) is 149 Å². The van der Waals surface area contributed by atoms with Crippen molar-refractivity contribution in [1.82, 2.24) is 9.97 Å². The van der Waals surface area contributed by atoms with Gasteiger partial charge in [0.1, 0.15) is 34.5 Å². The van der Waals surface area contributed by atoms with Gasteiger partial charge in [0.05, 0.1) is 24.4 Å². The maximum atomic E-state index is 10.2. The van der Waals surface area contributed by atoms with Crippen molar-refractivity contribution in [3.8, 4) is 46.2 Å². The van der Waals surface area contributed by atoms with E-state index in [0.717, 1.165) is 85.5 Å². The quantitative estimate of drug-likeness (QED) is 0.0631. The summed E-state index contributed by atoms with van der Waals surface area (Å²) < 4.78 is 25.1. The van der Waals surface area contributed by atoms with E-state index in [0.29, 0.717) is 48.9 Å². The number of benzene rings is 2. The van der Waals surface area contributed by atoms with Gasteiger partial charge in [0.15, 0.2) is 0 Å². The minimum Gasteiger partial charge on any atom is -0.471 e. The van der Waals surface area contributed by atoms with Crippen LogP contribution in [-0.2, 0) is 9.47 Å². The van der Waals surface area contributed by atoms with Gasteiger partial charge in [-0.3, -0.25) is 0 Å². The standard InChI is InChI=1S/C52H72N6O4/c1-13-33-58(42-24-20-40(21-25-42)44-27-32-55-47(46(44)38-54)61-51(9,10)29-35-59-49(4,5)6)34-17-16-28-50(7,8)60-36-30-52(11,12)62-48-45(37-53)43(26-31-56-48)39-18-22-41(23-19-39)57(14-2)15-3/h18-27,31-32H,13-17,28-30,33-36H2,1-12H3. The number of rotatable bonds is 24. The number of pyridine rings is 2. The van der Waals surface area contributed by atoms with Crippen molar-refractivity contribution in [2.24, 2.45) is 0 Å². The molecule has 2 aromatic heterocycles. The molecule has 4 rings (SSSR count). The molecule has 0 fully saturated rings. The highest BCUT2D eigenvalue weighted by molar-refractivity contribution is 5.75. The highest BCUT2D eigenvalue weighted by Gasteiger charge is 2.27. The molecule has 0 radical (unpaired) electrons. The Morgan fingerprint density at radius 1 is 0.532 bits per heavy atom. The van der Waals surface area contributed by atoms with Crippen molar-refractivity contribution in [1.29, 1.82) is 10.5 Å². The molecule has 0 amide bonds. The number of unbranched alkanes of at least 4 members (excludes halogenated alkanes) is 1. The van der Waals surface area contributed by atoms with Crippen LogP contribution in [0, 0.1) is 22.7 Å². The number of nitriles is 2. The van der Waals surface area contributed by atoms with Crippen LogP contribution in [0.25, 0.3) is 22.3 Å². The van der Waals surface area contributed by atoms with Crippen LogP contribution in [0.15, 0.2) is 73.1 Å². The summed E-state index contributed by atoms with van der Waals surface area (Å²) >= 11 is 0. The van der Waals surface area contributed by atoms with Crippen LogP contribution >= 0.6 is 0 Å². The first-order chi connectivity index (χ1) is 29.3. The van der Waals surface area contributed by atoms with Crippen LogP contribution in [0.4, 0.5) is 11.4 Å². The summed E-state index contributed by atoms with van der Waals surface area (Å²) in [6.45, 7) is 29.8. The SMILES string of the molecule is CCCN(CCCCC(C)(C)OCCC(C)(C)Oc1nccc(-c2ccc(N(CC)CC)cc2)c1C#N)c1ccc(-c2ccnc(OC(C)(C)CCOC(C)(C)C)c2C#N)cc1. The molecule has 4 aromatic rings. The first-order valence-corrected chi connectivity index (χ1v) is 22.5. The molecular weight excluding hydrogens is 773 g/mol. The molecule has 0 spiro atoms. The third kappa shape index (κ3) is 14.7. The molecule has 0 bridgehead atoms. The van der Waals surface area contributed by atoms with E-state index in [2.05, 4.69) is 115 Å². The maximum absolute atomic E-state index is 10.2. The van der Waals surface area contributed by atoms with Crippen LogP contribution in [0.2, 0.25) is 0 Å². The zero-order valence-electron chi connectivity index (χ0n) is 39.7. The fraction of sp³-hybridized carbons (Fsp3) is 0.538. The van der Waals surface area contributed by atoms with E-state index < -0.39 is 11.2 Å². The molecular formula is C52H72N6O4. The third-order valence-corrected chi connectivity index (χ3v) is 11.0. The van der Waals surface area contributed by atoms with E-state index in [1.165, 1.54) is 0 Å². The molecule has 0 aliphatic rings. The van der Waals surface area contributed by atoms with Crippen LogP contribution in [0.1, 0.15) is 133 Å². The van der Waals surface area contributed by atoms with E-state index in [1.54, 1.807) is 12.4 Å². The van der Waals surface area contributed by atoms with E-state index in [4.69, 9.17) is 18.9 Å². The highest BCUT2D eigenvalue weighted by Crippen LogP contribution is 2.34. The monoisotopic (exact) mass is 845 g/mol. The lowest BCUT2D eigenvalue weighted by atomic mass is 9.99. The average Bonchev–Trinajstić information content (AvgIpc) is 3.21. The summed E-state index contributed by atoms with van der Waals surface area (Å²) in [6, 6.07) is 25.3. The smallest absolute Gasteiger partial charge is 0.232 e. The second kappa shape index (κ2) is 22.3. The molecule has 0 aliphatic carbocycles. The Labute approximate surface area is 373 Å². The largest absolute Gasteiger partial charge is 0.471 e. The number of aromatic nitrogens is 2. The van der Waals surface area contributed by atoms with Crippen molar-refractivity contribution in [3.63, 3.8) is 0 Å². The third-order valence-electron chi connectivity index (χ3n) is 11.0. The summed E-state index contributed by atoms with van der Waals surface area (Å²) in [7, 11) is 0. The van der Waals surface area contributed by atoms with E-state index in [1.807, 2.05) is 60.6 Å². The van der Waals surface area contributed by atoms with Gasteiger partial charge in [0.2, 0.25) is 11.8 Å². The summed E-state index contributed by atoms with van der Waals surface area (Å²) in [5.41, 5.74) is 5.00. The van der Waals surface area contributed by atoms with Gasteiger partial charge < -0.3 is 28.7 Å². The Balaban J connectivity index is 1.30. The zero-order chi connectivity index (χ0) is 45.6. The maximum Gasteiger partial charge on any atom is 0.232 e. The van der Waals surface area contributed by atoms with Crippen LogP contribution < -0.4 is 19.3 Å². The first-order valence-electron chi connectivity index (χ1n) is 22.5. The van der Waals surface area contributed by atoms with Gasteiger partial charge in [0.25, 0.3) is 0 Å². The van der Waals surface area contributed by atoms with E-state index in [-0.39, 0.29) is 11.2 Å². The summed E-state index contributed by atoms with van der Waals surface area (Å²) in [4.78, 5) is 13.7.